The molecule has 0 radical (unpaired) electrons. The van der Waals surface area contributed by atoms with Crippen LogP contribution in [-0.4, -0.2) is 63.2 Å². The molecule has 0 unspecified atom stereocenters. The summed E-state index contributed by atoms with van der Waals surface area (Å²) in [5.41, 5.74) is 0. The topological polar surface area (TPSA) is 66.0 Å². The van der Waals surface area contributed by atoms with Gasteiger partial charge in [-0.05, 0) is 64.6 Å². The van der Waals surface area contributed by atoms with Crippen LogP contribution in [-0.2, 0) is 9.53 Å². The molecule has 24 heavy (non-hydrogen) atoms. The Morgan fingerprint density at radius 2 is 1.96 bits per heavy atom. The van der Waals surface area contributed by atoms with Crippen LogP contribution in [0.25, 0.3) is 0 Å². The minimum atomic E-state index is -0.136. The molecule has 0 bridgehead atoms. The van der Waals surface area contributed by atoms with E-state index in [1.165, 1.54) is 33.0 Å². The number of nitrogens with one attached hydrogen (secondary N) is 2. The number of hydrogen-bond acceptors (Lipinski definition) is 4. The first-order valence-electron chi connectivity index (χ1n) is 9.47. The number of nitrogens with zero attached hydrogens (tertiary/aromatic N) is 2. The number of guanidine groups is 1. The Hall–Kier alpha value is -1.30. The summed E-state index contributed by atoms with van der Waals surface area (Å²) in [6.07, 6.45) is 6.03. The molecule has 0 aromatic carbocycles. The summed E-state index contributed by atoms with van der Waals surface area (Å²) in [4.78, 5) is 18.2. The van der Waals surface area contributed by atoms with Gasteiger partial charge in [-0.3, -0.25) is 9.79 Å². The van der Waals surface area contributed by atoms with E-state index >= 15 is 0 Å². The third kappa shape index (κ3) is 9.75. The first-order valence-corrected chi connectivity index (χ1v) is 9.47. The number of likely N-dealkylation sites (tertiary alicyclic amines) is 1. The predicted molar refractivity (Wildman–Crippen MR) is 99.3 cm³/mol. The Morgan fingerprint density at radius 3 is 2.62 bits per heavy atom. The van der Waals surface area contributed by atoms with E-state index in [9.17, 15) is 4.79 Å². The summed E-state index contributed by atoms with van der Waals surface area (Å²) in [5, 5.41) is 6.60. The molecule has 2 N–H and O–H groups in total. The van der Waals surface area contributed by atoms with Crippen LogP contribution in [0.5, 0.6) is 0 Å². The quantitative estimate of drug-likeness (QED) is 0.276. The van der Waals surface area contributed by atoms with Gasteiger partial charge in [0.25, 0.3) is 0 Å². The van der Waals surface area contributed by atoms with Crippen molar-refractivity contribution in [3.05, 3.63) is 0 Å². The van der Waals surface area contributed by atoms with Gasteiger partial charge >= 0.3 is 5.97 Å². The Kier molecular flexibility index (Phi) is 11.3. The lowest BCUT2D eigenvalue weighted by molar-refractivity contribution is -0.140. The summed E-state index contributed by atoms with van der Waals surface area (Å²) >= 11 is 0. The lowest BCUT2D eigenvalue weighted by Crippen LogP contribution is -2.38. The largest absolute Gasteiger partial charge is 0.469 e. The number of esters is 1. The van der Waals surface area contributed by atoms with Crippen LogP contribution in [0.3, 0.4) is 0 Å². The monoisotopic (exact) mass is 340 g/mol. The first kappa shape index (κ1) is 20.7. The van der Waals surface area contributed by atoms with E-state index in [4.69, 9.17) is 0 Å². The van der Waals surface area contributed by atoms with E-state index in [1.54, 1.807) is 0 Å². The number of carbonyl (C=O) groups excluding carboxylic acids is 1. The van der Waals surface area contributed by atoms with Gasteiger partial charge in [0, 0.05) is 26.1 Å². The van der Waals surface area contributed by atoms with E-state index in [2.05, 4.69) is 39.1 Å². The van der Waals surface area contributed by atoms with Crippen molar-refractivity contribution in [2.24, 2.45) is 10.9 Å². The van der Waals surface area contributed by atoms with Gasteiger partial charge in [-0.1, -0.05) is 6.92 Å². The number of ether oxygens (including phenoxy) is 1. The molecule has 1 fully saturated rings. The Morgan fingerprint density at radius 1 is 1.21 bits per heavy atom. The normalized spacial score (nSPS) is 16.9. The molecule has 1 heterocycles. The molecule has 6 nitrogen and oxygen atoms in total. The van der Waals surface area contributed by atoms with Gasteiger partial charge in [0.2, 0.25) is 0 Å². The zero-order chi connectivity index (χ0) is 17.6. The standard InChI is InChI=1S/C18H36N4O2/c1-4-19-18(20-11-6-5-8-17(23)24-3)21-12-7-13-22-14-9-16(2)10-15-22/h16H,4-15H2,1-3H3,(H2,19,20,21). The molecule has 0 spiro atoms. The van der Waals surface area contributed by atoms with Gasteiger partial charge in [-0.2, -0.15) is 0 Å². The summed E-state index contributed by atoms with van der Waals surface area (Å²) < 4.78 is 4.64. The van der Waals surface area contributed by atoms with E-state index in [-0.39, 0.29) is 5.97 Å². The van der Waals surface area contributed by atoms with Crippen LogP contribution in [0.1, 0.15) is 52.4 Å². The molecule has 0 aromatic heterocycles. The fraction of sp³-hybridized carbons (Fsp3) is 0.889. The average Bonchev–Trinajstić information content (AvgIpc) is 2.59. The number of unbranched alkanes of at least 4 members (excludes halogenated alkanes) is 1. The predicted octanol–water partition coefficient (Wildman–Crippen LogP) is 2.01. The fourth-order valence-corrected chi connectivity index (χ4v) is 2.82. The molecule has 1 aliphatic heterocycles. The smallest absolute Gasteiger partial charge is 0.305 e. The van der Waals surface area contributed by atoms with Gasteiger partial charge in [-0.15, -0.1) is 0 Å². The van der Waals surface area contributed by atoms with Gasteiger partial charge < -0.3 is 20.3 Å². The van der Waals surface area contributed by atoms with Crippen LogP contribution in [0.15, 0.2) is 4.99 Å². The lowest BCUT2D eigenvalue weighted by Gasteiger charge is -2.29. The molecule has 1 aliphatic rings. The fourth-order valence-electron chi connectivity index (χ4n) is 2.82. The number of piperidine rings is 1. The van der Waals surface area contributed by atoms with Crippen LogP contribution in [0.2, 0.25) is 0 Å². The number of rotatable bonds is 10. The highest BCUT2D eigenvalue weighted by atomic mass is 16.5. The average molecular weight is 341 g/mol. The Balaban J connectivity index is 2.13. The van der Waals surface area contributed by atoms with Crippen molar-refractivity contribution in [1.29, 1.82) is 0 Å². The van der Waals surface area contributed by atoms with Crippen LogP contribution < -0.4 is 10.6 Å². The second-order valence-electron chi connectivity index (χ2n) is 6.60. The first-order chi connectivity index (χ1) is 11.7. The summed E-state index contributed by atoms with van der Waals surface area (Å²) in [6, 6.07) is 0. The van der Waals surface area contributed by atoms with Crippen LogP contribution in [0.4, 0.5) is 0 Å². The number of carbonyl (C=O) groups is 1. The van der Waals surface area contributed by atoms with Crippen molar-refractivity contribution in [2.45, 2.75) is 52.4 Å². The zero-order valence-electron chi connectivity index (χ0n) is 15.8. The van der Waals surface area contributed by atoms with Gasteiger partial charge in [0.15, 0.2) is 5.96 Å². The minimum absolute atomic E-state index is 0.136. The highest BCUT2D eigenvalue weighted by Gasteiger charge is 2.14. The third-order valence-electron chi connectivity index (χ3n) is 4.45. The highest BCUT2D eigenvalue weighted by molar-refractivity contribution is 5.79. The molecule has 0 aromatic rings. The SMILES string of the molecule is CCNC(=NCCCN1CCC(C)CC1)NCCCCC(=O)OC. The van der Waals surface area contributed by atoms with E-state index in [0.717, 1.165) is 57.3 Å². The van der Waals surface area contributed by atoms with Crippen molar-refractivity contribution in [1.82, 2.24) is 15.5 Å². The molecular formula is C18H36N4O2. The second-order valence-corrected chi connectivity index (χ2v) is 6.60. The van der Waals surface area contributed by atoms with Crippen molar-refractivity contribution in [3.8, 4) is 0 Å². The highest BCUT2D eigenvalue weighted by Crippen LogP contribution is 2.15. The van der Waals surface area contributed by atoms with Crippen molar-refractivity contribution < 1.29 is 9.53 Å². The minimum Gasteiger partial charge on any atom is -0.469 e. The van der Waals surface area contributed by atoms with Crippen LogP contribution in [0, 0.1) is 5.92 Å². The van der Waals surface area contributed by atoms with E-state index < -0.39 is 0 Å². The second kappa shape index (κ2) is 13.0. The molecule has 140 valence electrons. The molecule has 0 atom stereocenters. The Labute approximate surface area is 147 Å². The molecular weight excluding hydrogens is 304 g/mol. The lowest BCUT2D eigenvalue weighted by atomic mass is 9.99. The maximum absolute atomic E-state index is 11.1. The summed E-state index contributed by atoms with van der Waals surface area (Å²) in [5.74, 6) is 1.63. The molecule has 6 heteroatoms. The summed E-state index contributed by atoms with van der Waals surface area (Å²) in [6.45, 7) is 10.6. The number of aliphatic imine (C=N–C) groups is 1. The third-order valence-corrected chi connectivity index (χ3v) is 4.45. The maximum atomic E-state index is 11.1. The molecule has 0 saturated carbocycles. The van der Waals surface area contributed by atoms with Gasteiger partial charge in [-0.25, -0.2) is 0 Å². The number of methoxy groups -OCH3 is 1. The molecule has 0 amide bonds. The van der Waals surface area contributed by atoms with Gasteiger partial charge in [0.05, 0.1) is 7.11 Å². The molecule has 0 aliphatic carbocycles. The maximum Gasteiger partial charge on any atom is 0.305 e. The molecule has 1 saturated heterocycles. The van der Waals surface area contributed by atoms with E-state index in [1.807, 2.05) is 0 Å². The van der Waals surface area contributed by atoms with E-state index in [0.29, 0.717) is 6.42 Å². The summed E-state index contributed by atoms with van der Waals surface area (Å²) in [7, 11) is 1.43. The Bertz CT molecular complexity index is 366. The zero-order valence-corrected chi connectivity index (χ0v) is 15.8. The van der Waals surface area contributed by atoms with Crippen molar-refractivity contribution in [2.75, 3.05) is 46.4 Å². The number of hydrogen-bond donors (Lipinski definition) is 2. The molecule has 1 rings (SSSR count). The van der Waals surface area contributed by atoms with Gasteiger partial charge in [0.1, 0.15) is 0 Å². The van der Waals surface area contributed by atoms with Crippen LogP contribution >= 0.6 is 0 Å². The van der Waals surface area contributed by atoms with Crippen molar-refractivity contribution >= 4 is 11.9 Å². The van der Waals surface area contributed by atoms with Crippen molar-refractivity contribution in [3.63, 3.8) is 0 Å².